The Kier molecular flexibility index (Phi) is 9.09. The average molecular weight is 567 g/mol. The smallest absolute Gasteiger partial charge is 0.270 e. The zero-order chi connectivity index (χ0) is 27.2. The second-order valence-corrected chi connectivity index (χ2v) is 10.6. The first-order valence-electron chi connectivity index (χ1n) is 12.1. The number of nitrogens with one attached hydrogen (secondary N) is 1. The van der Waals surface area contributed by atoms with Crippen molar-refractivity contribution in [2.45, 2.75) is 27.2 Å². The van der Waals surface area contributed by atoms with E-state index in [1.165, 1.54) is 22.2 Å². The molecule has 0 saturated carbocycles. The Morgan fingerprint density at radius 3 is 2.45 bits per heavy atom. The molecule has 0 spiro atoms. The first kappa shape index (κ1) is 27.7. The summed E-state index contributed by atoms with van der Waals surface area (Å²) >= 11 is 13.2. The molecule has 0 bridgehead atoms. The van der Waals surface area contributed by atoms with Crippen LogP contribution in [-0.4, -0.2) is 29.3 Å². The normalized spacial score (nSPS) is 14.2. The van der Waals surface area contributed by atoms with E-state index in [-0.39, 0.29) is 29.2 Å². The minimum Gasteiger partial charge on any atom is -0.490 e. The summed E-state index contributed by atoms with van der Waals surface area (Å²) in [6.45, 7) is 6.01. The molecule has 9 heteroatoms. The number of rotatable bonds is 9. The van der Waals surface area contributed by atoms with E-state index in [0.29, 0.717) is 32.8 Å². The number of thioether (sulfide) groups is 1. The predicted molar refractivity (Wildman–Crippen MR) is 159 cm³/mol. The van der Waals surface area contributed by atoms with Gasteiger partial charge in [-0.05, 0) is 73.9 Å². The molecule has 196 valence electrons. The van der Waals surface area contributed by atoms with Gasteiger partial charge in [0.25, 0.3) is 11.8 Å². The number of carbonyl (C=O) groups excluding carboxylic acids is 2. The Bertz CT molecular complexity index is 1390. The van der Waals surface area contributed by atoms with Crippen molar-refractivity contribution in [3.8, 4) is 11.5 Å². The molecule has 1 N–H and O–H groups in total. The van der Waals surface area contributed by atoms with Crippen molar-refractivity contribution in [2.24, 2.45) is 0 Å². The summed E-state index contributed by atoms with van der Waals surface area (Å²) in [5.41, 5.74) is 4.34. The molecular weight excluding hydrogens is 540 g/mol. The summed E-state index contributed by atoms with van der Waals surface area (Å²) in [5, 5.41) is 3.07. The Morgan fingerprint density at radius 2 is 1.79 bits per heavy atom. The topological polar surface area (TPSA) is 67.9 Å². The van der Waals surface area contributed by atoms with Gasteiger partial charge in [-0.25, -0.2) is 0 Å². The third-order valence-corrected chi connectivity index (χ3v) is 7.29. The van der Waals surface area contributed by atoms with Gasteiger partial charge in [-0.2, -0.15) is 0 Å². The van der Waals surface area contributed by atoms with Crippen molar-refractivity contribution in [3.05, 3.63) is 87.3 Å². The van der Waals surface area contributed by atoms with Crippen molar-refractivity contribution in [3.63, 3.8) is 0 Å². The van der Waals surface area contributed by atoms with E-state index in [0.717, 1.165) is 17.7 Å². The maximum atomic E-state index is 13.1. The van der Waals surface area contributed by atoms with Crippen LogP contribution in [-0.2, 0) is 16.0 Å². The Labute approximate surface area is 237 Å². The first-order chi connectivity index (χ1) is 18.3. The summed E-state index contributed by atoms with van der Waals surface area (Å²) in [7, 11) is 0. The largest absolute Gasteiger partial charge is 0.490 e. The van der Waals surface area contributed by atoms with E-state index < -0.39 is 0 Å². The summed E-state index contributed by atoms with van der Waals surface area (Å²) < 4.78 is 12.0. The Morgan fingerprint density at radius 1 is 1.08 bits per heavy atom. The van der Waals surface area contributed by atoms with Gasteiger partial charge in [0.2, 0.25) is 0 Å². The van der Waals surface area contributed by atoms with Gasteiger partial charge in [0.1, 0.15) is 0 Å². The highest BCUT2D eigenvalue weighted by Crippen LogP contribution is 2.40. The molecule has 4 rings (SSSR count). The summed E-state index contributed by atoms with van der Waals surface area (Å²) in [6.07, 6.45) is 2.64. The number of amides is 2. The lowest BCUT2D eigenvalue weighted by atomic mass is 10.1. The Balaban J connectivity index is 1.50. The van der Waals surface area contributed by atoms with E-state index >= 15 is 0 Å². The number of anilines is 2. The van der Waals surface area contributed by atoms with E-state index in [9.17, 15) is 9.59 Å². The first-order valence-corrected chi connectivity index (χ1v) is 13.7. The SMILES string of the molecule is CCOc1cc(/C=C2\SC(=S)N(c3ccc(C)cc3)C2=O)cc(Cl)c1OCC(=O)Nc1ccc(CC)cc1. The fraction of sp³-hybridized carbons (Fsp3) is 0.207. The van der Waals surface area contributed by atoms with Crippen LogP contribution in [0.25, 0.3) is 6.08 Å². The summed E-state index contributed by atoms with van der Waals surface area (Å²) in [4.78, 5) is 27.6. The van der Waals surface area contributed by atoms with Crippen LogP contribution in [0, 0.1) is 6.92 Å². The molecule has 38 heavy (non-hydrogen) atoms. The van der Waals surface area contributed by atoms with Crippen molar-refractivity contribution >= 4 is 69.2 Å². The molecule has 1 fully saturated rings. The standard InChI is InChI=1S/C29H27ClN2O4S2/c1-4-19-8-10-21(11-9-19)31-26(33)17-36-27-23(30)14-20(15-24(27)35-5-2)16-25-28(34)32(29(37)38-25)22-12-6-18(3)7-13-22/h6-16H,4-5,17H2,1-3H3,(H,31,33)/b25-16-. The molecular formula is C29H27ClN2O4S2. The van der Waals surface area contributed by atoms with E-state index in [1.54, 1.807) is 18.2 Å². The molecule has 3 aromatic rings. The van der Waals surface area contributed by atoms with Gasteiger partial charge in [-0.1, -0.05) is 72.3 Å². The van der Waals surface area contributed by atoms with E-state index in [2.05, 4.69) is 12.2 Å². The molecule has 0 aliphatic carbocycles. The van der Waals surface area contributed by atoms with Crippen LogP contribution in [0.4, 0.5) is 11.4 Å². The van der Waals surface area contributed by atoms with Crippen molar-refractivity contribution < 1.29 is 19.1 Å². The molecule has 0 radical (unpaired) electrons. The van der Waals surface area contributed by atoms with E-state index in [1.807, 2.05) is 62.4 Å². The van der Waals surface area contributed by atoms with Crippen LogP contribution in [0.1, 0.15) is 30.5 Å². The molecule has 1 aliphatic rings. The fourth-order valence-corrected chi connectivity index (χ4v) is 5.34. The van der Waals surface area contributed by atoms with Gasteiger partial charge >= 0.3 is 0 Å². The molecule has 1 heterocycles. The lowest BCUT2D eigenvalue weighted by Crippen LogP contribution is -2.27. The lowest BCUT2D eigenvalue weighted by molar-refractivity contribution is -0.118. The molecule has 1 saturated heterocycles. The second-order valence-electron chi connectivity index (χ2n) is 8.50. The van der Waals surface area contributed by atoms with Gasteiger partial charge in [0.05, 0.1) is 22.2 Å². The highest BCUT2D eigenvalue weighted by Gasteiger charge is 2.33. The van der Waals surface area contributed by atoms with Crippen LogP contribution in [0.5, 0.6) is 11.5 Å². The molecule has 2 amide bonds. The number of aryl methyl sites for hydroxylation is 2. The van der Waals surface area contributed by atoms with Gasteiger partial charge in [-0.15, -0.1) is 0 Å². The second kappa shape index (κ2) is 12.5. The summed E-state index contributed by atoms with van der Waals surface area (Å²) in [5.74, 6) is 0.105. The molecule has 1 aliphatic heterocycles. The summed E-state index contributed by atoms with van der Waals surface area (Å²) in [6, 6.07) is 18.6. The lowest BCUT2D eigenvalue weighted by Gasteiger charge is -2.15. The monoisotopic (exact) mass is 566 g/mol. The number of hydrogen-bond donors (Lipinski definition) is 1. The molecule has 0 unspecified atom stereocenters. The molecule has 6 nitrogen and oxygen atoms in total. The van der Waals surface area contributed by atoms with E-state index in [4.69, 9.17) is 33.3 Å². The Hall–Kier alpha value is -3.33. The minimum atomic E-state index is -0.323. The minimum absolute atomic E-state index is 0.207. The van der Waals surface area contributed by atoms with Crippen LogP contribution >= 0.6 is 35.6 Å². The zero-order valence-electron chi connectivity index (χ0n) is 21.2. The number of carbonyl (C=O) groups is 2. The van der Waals surface area contributed by atoms with Crippen LogP contribution in [0.15, 0.2) is 65.6 Å². The maximum Gasteiger partial charge on any atom is 0.270 e. The van der Waals surface area contributed by atoms with Crippen molar-refractivity contribution in [1.29, 1.82) is 0 Å². The number of benzene rings is 3. The number of halogens is 1. The molecule has 0 aromatic heterocycles. The van der Waals surface area contributed by atoms with Gasteiger partial charge in [-0.3, -0.25) is 14.5 Å². The highest BCUT2D eigenvalue weighted by molar-refractivity contribution is 8.27. The number of hydrogen-bond acceptors (Lipinski definition) is 6. The number of ether oxygens (including phenoxy) is 2. The van der Waals surface area contributed by atoms with Gasteiger partial charge < -0.3 is 14.8 Å². The van der Waals surface area contributed by atoms with Gasteiger partial charge in [0.15, 0.2) is 22.4 Å². The van der Waals surface area contributed by atoms with Gasteiger partial charge in [0, 0.05) is 5.69 Å². The van der Waals surface area contributed by atoms with Crippen LogP contribution in [0.2, 0.25) is 5.02 Å². The van der Waals surface area contributed by atoms with Crippen molar-refractivity contribution in [2.75, 3.05) is 23.4 Å². The number of thiocarbonyl (C=S) groups is 1. The molecule has 0 atom stereocenters. The zero-order valence-corrected chi connectivity index (χ0v) is 23.6. The fourth-order valence-electron chi connectivity index (χ4n) is 3.77. The van der Waals surface area contributed by atoms with Crippen LogP contribution < -0.4 is 19.7 Å². The maximum absolute atomic E-state index is 13.1. The highest BCUT2D eigenvalue weighted by atomic mass is 35.5. The number of nitrogens with zero attached hydrogens (tertiary/aromatic N) is 1. The van der Waals surface area contributed by atoms with Crippen LogP contribution in [0.3, 0.4) is 0 Å². The predicted octanol–water partition coefficient (Wildman–Crippen LogP) is 7.03. The third-order valence-electron chi connectivity index (χ3n) is 5.71. The third kappa shape index (κ3) is 6.56. The molecule has 3 aromatic carbocycles. The van der Waals surface area contributed by atoms with Crippen molar-refractivity contribution in [1.82, 2.24) is 0 Å². The average Bonchev–Trinajstić information content (AvgIpc) is 3.17. The quantitative estimate of drug-likeness (QED) is 0.221.